The molecular weight excluding hydrogens is 455 g/mol. The zero-order chi connectivity index (χ0) is 23.7. The molecule has 4 bridgehead atoms. The summed E-state index contributed by atoms with van der Waals surface area (Å²) in [7, 11) is 1.77. The Hall–Kier alpha value is -3.49. The number of halogens is 2. The molecule has 0 fully saturated rings. The zero-order valence-corrected chi connectivity index (χ0v) is 19.4. The van der Waals surface area contributed by atoms with Gasteiger partial charge in [0.25, 0.3) is 5.91 Å². The summed E-state index contributed by atoms with van der Waals surface area (Å²) in [6.07, 6.45) is 2.56. The number of fused-ring (bicyclic) bond motifs is 4. The number of nitrogens with one attached hydrogen (secondary N) is 2. The molecule has 0 saturated heterocycles. The Kier molecular flexibility index (Phi) is 6.17. The number of benzene rings is 2. The summed E-state index contributed by atoms with van der Waals surface area (Å²) in [6.45, 7) is 2.62. The molecule has 0 radical (unpaired) electrons. The van der Waals surface area contributed by atoms with Gasteiger partial charge in [0, 0.05) is 49.5 Å². The molecule has 2 aromatic heterocycles. The van der Waals surface area contributed by atoms with Crippen LogP contribution in [0, 0.1) is 5.82 Å². The van der Waals surface area contributed by atoms with Gasteiger partial charge in [-0.1, -0.05) is 17.7 Å². The second-order valence-corrected chi connectivity index (χ2v) is 8.62. The normalized spacial score (nSPS) is 15.0. The average Bonchev–Trinajstić information content (AvgIpc) is 3.23. The molecule has 34 heavy (non-hydrogen) atoms. The van der Waals surface area contributed by atoms with Crippen LogP contribution in [0.15, 0.2) is 54.7 Å². The maximum atomic E-state index is 13.9. The molecule has 174 valence electrons. The molecule has 0 aliphatic carbocycles. The fraction of sp³-hybridized carbons (Fsp3) is 0.240. The predicted molar refractivity (Wildman–Crippen MR) is 132 cm³/mol. The molecule has 1 aliphatic rings. The molecule has 0 atom stereocenters. The third-order valence-corrected chi connectivity index (χ3v) is 6.25. The number of hydrogen-bond donors (Lipinski definition) is 2. The Morgan fingerprint density at radius 3 is 2.79 bits per heavy atom. The molecule has 0 unspecified atom stereocenters. The maximum Gasteiger partial charge on any atom is 0.269 e. The van der Waals surface area contributed by atoms with Crippen molar-refractivity contribution in [1.82, 2.24) is 25.4 Å². The summed E-state index contributed by atoms with van der Waals surface area (Å²) in [5.41, 5.74) is 4.62. The quantitative estimate of drug-likeness (QED) is 0.427. The molecule has 0 saturated carbocycles. The fourth-order valence-electron chi connectivity index (χ4n) is 4.21. The van der Waals surface area contributed by atoms with Gasteiger partial charge in [-0.05, 0) is 55.4 Å². The van der Waals surface area contributed by atoms with Crippen LogP contribution in [0.4, 0.5) is 15.8 Å². The molecule has 9 heteroatoms. The number of amides is 1. The smallest absolute Gasteiger partial charge is 0.269 e. The first-order valence-electron chi connectivity index (χ1n) is 11.2. The summed E-state index contributed by atoms with van der Waals surface area (Å²) in [5.74, 6) is -0.594. The van der Waals surface area contributed by atoms with Crippen LogP contribution in [0.2, 0.25) is 5.02 Å². The van der Waals surface area contributed by atoms with E-state index < -0.39 is 5.82 Å². The molecule has 7 nitrogen and oxygen atoms in total. The SMILES string of the molecule is Cn1nc2cc1C(=O)NCCCNCCN(c1ccc(F)c(Cl)c1)c1ccnc3ccc-2cc13. The van der Waals surface area contributed by atoms with E-state index in [-0.39, 0.29) is 10.9 Å². The molecule has 3 heterocycles. The van der Waals surface area contributed by atoms with Crippen LogP contribution in [0.25, 0.3) is 22.2 Å². The van der Waals surface area contributed by atoms with Crippen molar-refractivity contribution in [3.63, 3.8) is 0 Å². The molecule has 1 aliphatic heterocycles. The zero-order valence-electron chi connectivity index (χ0n) is 18.7. The van der Waals surface area contributed by atoms with Crippen molar-refractivity contribution < 1.29 is 9.18 Å². The summed E-state index contributed by atoms with van der Waals surface area (Å²) in [6, 6.07) is 14.4. The highest BCUT2D eigenvalue weighted by atomic mass is 35.5. The van der Waals surface area contributed by atoms with Gasteiger partial charge >= 0.3 is 0 Å². The molecule has 5 rings (SSSR count). The summed E-state index contributed by atoms with van der Waals surface area (Å²) < 4.78 is 15.5. The minimum absolute atomic E-state index is 0.0772. The van der Waals surface area contributed by atoms with Gasteiger partial charge in [0.2, 0.25) is 0 Å². The van der Waals surface area contributed by atoms with Gasteiger partial charge in [-0.2, -0.15) is 5.10 Å². The van der Waals surface area contributed by atoms with Crippen LogP contribution in [0.5, 0.6) is 0 Å². The van der Waals surface area contributed by atoms with Gasteiger partial charge in [0.15, 0.2) is 0 Å². The van der Waals surface area contributed by atoms with Crippen LogP contribution in [-0.2, 0) is 7.05 Å². The number of carbonyl (C=O) groups excluding carboxylic acids is 1. The number of anilines is 2. The van der Waals surface area contributed by atoms with E-state index in [0.717, 1.165) is 40.8 Å². The van der Waals surface area contributed by atoms with Crippen molar-refractivity contribution in [3.8, 4) is 11.3 Å². The Morgan fingerprint density at radius 2 is 1.94 bits per heavy atom. The largest absolute Gasteiger partial charge is 0.351 e. The number of aryl methyl sites for hydroxylation is 1. The van der Waals surface area contributed by atoms with E-state index in [0.29, 0.717) is 31.0 Å². The highest BCUT2D eigenvalue weighted by Crippen LogP contribution is 2.35. The summed E-state index contributed by atoms with van der Waals surface area (Å²) in [5, 5.41) is 12.0. The van der Waals surface area contributed by atoms with E-state index in [2.05, 4.69) is 25.6 Å². The van der Waals surface area contributed by atoms with Crippen molar-refractivity contribution in [2.24, 2.45) is 7.05 Å². The standard InChI is InChI=1S/C25H24ClFN6O/c1-32-24-15-22(31-32)16-3-6-21-18(13-16)23(7-10-29-21)33(17-4-5-20(27)19(26)14-17)12-11-28-8-2-9-30-25(24)34/h3-7,10,13-15,28H,2,8-9,11-12H2,1H3,(H,30,34). The van der Waals surface area contributed by atoms with Gasteiger partial charge in [-0.25, -0.2) is 4.39 Å². The van der Waals surface area contributed by atoms with Gasteiger partial charge in [0.05, 0.1) is 21.9 Å². The minimum atomic E-state index is -0.451. The molecular formula is C25H24ClFN6O. The topological polar surface area (TPSA) is 75.1 Å². The van der Waals surface area contributed by atoms with E-state index in [1.54, 1.807) is 36.1 Å². The highest BCUT2D eigenvalue weighted by Gasteiger charge is 2.18. The molecule has 2 N–H and O–H groups in total. The number of rotatable bonds is 1. The van der Waals surface area contributed by atoms with Crippen LogP contribution in [0.3, 0.4) is 0 Å². The lowest BCUT2D eigenvalue weighted by Gasteiger charge is -2.27. The number of aromatic nitrogens is 3. The number of carbonyl (C=O) groups is 1. The van der Waals surface area contributed by atoms with Gasteiger partial charge in [-0.3, -0.25) is 14.5 Å². The maximum absolute atomic E-state index is 13.9. The van der Waals surface area contributed by atoms with Crippen LogP contribution < -0.4 is 15.5 Å². The van der Waals surface area contributed by atoms with E-state index in [1.807, 2.05) is 24.3 Å². The molecule has 2 aromatic carbocycles. The third kappa shape index (κ3) is 4.34. The third-order valence-electron chi connectivity index (χ3n) is 5.96. The first-order chi connectivity index (χ1) is 16.5. The van der Waals surface area contributed by atoms with Crippen LogP contribution in [-0.4, -0.2) is 46.9 Å². The van der Waals surface area contributed by atoms with E-state index in [1.165, 1.54) is 6.07 Å². The molecule has 0 spiro atoms. The van der Waals surface area contributed by atoms with Crippen molar-refractivity contribution in [3.05, 3.63) is 71.3 Å². The second kappa shape index (κ2) is 9.40. The number of hydrogen-bond acceptors (Lipinski definition) is 5. The van der Waals surface area contributed by atoms with Crippen LogP contribution >= 0.6 is 11.6 Å². The Bertz CT molecular complexity index is 1370. The Balaban J connectivity index is 1.67. The lowest BCUT2D eigenvalue weighted by Crippen LogP contribution is -2.32. The number of pyridine rings is 1. The van der Waals surface area contributed by atoms with Crippen LogP contribution in [0.1, 0.15) is 16.9 Å². The van der Waals surface area contributed by atoms with Crippen molar-refractivity contribution in [1.29, 1.82) is 0 Å². The van der Waals surface area contributed by atoms with Crippen molar-refractivity contribution in [2.45, 2.75) is 6.42 Å². The van der Waals surface area contributed by atoms with Crippen molar-refractivity contribution >= 4 is 39.8 Å². The Labute approximate surface area is 201 Å². The first kappa shape index (κ1) is 22.3. The number of nitrogens with zero attached hydrogens (tertiary/aromatic N) is 4. The first-order valence-corrected chi connectivity index (χ1v) is 11.5. The Morgan fingerprint density at radius 1 is 1.06 bits per heavy atom. The van der Waals surface area contributed by atoms with Gasteiger partial charge < -0.3 is 15.5 Å². The second-order valence-electron chi connectivity index (χ2n) is 8.21. The van der Waals surface area contributed by atoms with E-state index in [4.69, 9.17) is 11.6 Å². The lowest BCUT2D eigenvalue weighted by molar-refractivity contribution is 0.0944. The summed E-state index contributed by atoms with van der Waals surface area (Å²) >= 11 is 6.13. The van der Waals surface area contributed by atoms with E-state index >= 15 is 0 Å². The lowest BCUT2D eigenvalue weighted by atomic mass is 10.1. The fourth-order valence-corrected chi connectivity index (χ4v) is 4.39. The van der Waals surface area contributed by atoms with E-state index in [9.17, 15) is 9.18 Å². The predicted octanol–water partition coefficient (Wildman–Crippen LogP) is 4.29. The minimum Gasteiger partial charge on any atom is -0.351 e. The molecule has 1 amide bonds. The summed E-state index contributed by atoms with van der Waals surface area (Å²) in [4.78, 5) is 19.3. The monoisotopic (exact) mass is 478 g/mol. The van der Waals surface area contributed by atoms with Gasteiger partial charge in [-0.15, -0.1) is 0 Å². The molecule has 4 aromatic rings. The highest BCUT2D eigenvalue weighted by molar-refractivity contribution is 6.31. The average molecular weight is 479 g/mol. The van der Waals surface area contributed by atoms with Crippen molar-refractivity contribution in [2.75, 3.05) is 31.1 Å². The van der Waals surface area contributed by atoms with Gasteiger partial charge in [0.1, 0.15) is 11.5 Å².